The zero-order valence-corrected chi connectivity index (χ0v) is 14.8. The lowest BCUT2D eigenvalue weighted by Gasteiger charge is -2.33. The van der Waals surface area contributed by atoms with Crippen LogP contribution in [0.15, 0.2) is 11.0 Å². The third kappa shape index (κ3) is 3.29. The second-order valence-electron chi connectivity index (χ2n) is 5.96. The molecule has 23 heavy (non-hydrogen) atoms. The number of esters is 1. The first-order chi connectivity index (χ1) is 10.7. The highest BCUT2D eigenvalue weighted by Gasteiger charge is 2.35. The summed E-state index contributed by atoms with van der Waals surface area (Å²) >= 11 is 0. The molecule has 2 heterocycles. The lowest BCUT2D eigenvalue weighted by Crippen LogP contribution is -2.44. The van der Waals surface area contributed by atoms with Crippen LogP contribution in [0.2, 0.25) is 0 Å². The molecule has 0 unspecified atom stereocenters. The van der Waals surface area contributed by atoms with Gasteiger partial charge in [-0.1, -0.05) is 6.92 Å². The number of sulfonamides is 1. The van der Waals surface area contributed by atoms with Gasteiger partial charge >= 0.3 is 5.97 Å². The van der Waals surface area contributed by atoms with Crippen molar-refractivity contribution in [3.05, 3.63) is 17.5 Å². The highest BCUT2D eigenvalue weighted by Crippen LogP contribution is 2.27. The fourth-order valence-corrected chi connectivity index (χ4v) is 4.61. The van der Waals surface area contributed by atoms with Crippen molar-refractivity contribution in [1.29, 1.82) is 0 Å². The summed E-state index contributed by atoms with van der Waals surface area (Å²) in [5.41, 5.74) is 0.708. The highest BCUT2D eigenvalue weighted by atomic mass is 32.2. The molecule has 7 nitrogen and oxygen atoms in total. The van der Waals surface area contributed by atoms with Crippen LogP contribution in [0, 0.1) is 12.8 Å². The Morgan fingerprint density at radius 1 is 1.48 bits per heavy atom. The molecule has 0 radical (unpaired) electrons. The number of rotatable bonds is 4. The number of hydrogen-bond donors (Lipinski definition) is 1. The first kappa shape index (κ1) is 18.0. The van der Waals surface area contributed by atoms with Gasteiger partial charge in [0, 0.05) is 25.8 Å². The largest absolute Gasteiger partial charge is 0.461 e. The second kappa shape index (κ2) is 6.62. The average molecular weight is 344 g/mol. The topological polar surface area (TPSA) is 88.8 Å². The molecule has 0 aliphatic carbocycles. The van der Waals surface area contributed by atoms with E-state index < -0.39 is 22.1 Å². The van der Waals surface area contributed by atoms with Gasteiger partial charge in [-0.15, -0.1) is 0 Å². The predicted octanol–water partition coefficient (Wildman–Crippen LogP) is 0.902. The van der Waals surface area contributed by atoms with Gasteiger partial charge in [0.15, 0.2) is 0 Å². The summed E-state index contributed by atoms with van der Waals surface area (Å²) in [6.45, 7) is 5.97. The van der Waals surface area contributed by atoms with Crippen molar-refractivity contribution in [2.45, 2.75) is 38.2 Å². The summed E-state index contributed by atoms with van der Waals surface area (Å²) in [5.74, 6) is -0.658. The van der Waals surface area contributed by atoms with E-state index in [-0.39, 0.29) is 36.2 Å². The van der Waals surface area contributed by atoms with Gasteiger partial charge in [0.1, 0.15) is 10.6 Å². The Balaban J connectivity index is 2.37. The predicted molar refractivity (Wildman–Crippen MR) is 84.7 cm³/mol. The monoisotopic (exact) mass is 344 g/mol. The Bertz CT molecular complexity index is 695. The van der Waals surface area contributed by atoms with Crippen LogP contribution in [-0.4, -0.2) is 54.2 Å². The standard InChI is InChI=1S/C15H24N2O5S/c1-5-22-15(19)12-8-14(11(3)16(12)4)23(20,21)17-7-6-13(18)10(2)9-17/h8,10,13,18H,5-7,9H2,1-4H3/t10-,13-/m1/s1. The molecule has 0 bridgehead atoms. The number of carbonyl (C=O) groups excluding carboxylic acids is 1. The van der Waals surface area contributed by atoms with Crippen LogP contribution in [0.5, 0.6) is 0 Å². The van der Waals surface area contributed by atoms with Crippen molar-refractivity contribution in [2.24, 2.45) is 13.0 Å². The van der Waals surface area contributed by atoms with Crippen LogP contribution in [-0.2, 0) is 21.8 Å². The zero-order chi connectivity index (χ0) is 17.4. The molecular weight excluding hydrogens is 320 g/mol. The fraction of sp³-hybridized carbons (Fsp3) is 0.667. The minimum absolute atomic E-state index is 0.117. The van der Waals surface area contributed by atoms with Crippen molar-refractivity contribution < 1.29 is 23.1 Å². The van der Waals surface area contributed by atoms with Gasteiger partial charge in [-0.25, -0.2) is 13.2 Å². The Kier molecular flexibility index (Phi) is 5.17. The minimum atomic E-state index is -3.71. The lowest BCUT2D eigenvalue weighted by molar-refractivity contribution is 0.0515. The molecule has 0 saturated carbocycles. The van der Waals surface area contributed by atoms with Crippen LogP contribution >= 0.6 is 0 Å². The quantitative estimate of drug-likeness (QED) is 0.820. The van der Waals surface area contributed by atoms with E-state index in [0.717, 1.165) is 0 Å². The van der Waals surface area contributed by atoms with Crippen LogP contribution in [0.25, 0.3) is 0 Å². The number of nitrogens with zero attached hydrogens (tertiary/aromatic N) is 2. The van der Waals surface area contributed by atoms with Crippen molar-refractivity contribution in [3.8, 4) is 0 Å². The van der Waals surface area contributed by atoms with Gasteiger partial charge in [0.25, 0.3) is 0 Å². The third-order valence-electron chi connectivity index (χ3n) is 4.41. The molecule has 0 amide bonds. The smallest absolute Gasteiger partial charge is 0.354 e. The summed E-state index contributed by atoms with van der Waals surface area (Å²) in [6.07, 6.45) is -0.0646. The molecule has 2 rings (SSSR count). The van der Waals surface area contributed by atoms with Gasteiger partial charge in [-0.2, -0.15) is 4.31 Å². The molecule has 1 N–H and O–H groups in total. The number of carbonyl (C=O) groups is 1. The molecule has 1 aromatic rings. The van der Waals surface area contributed by atoms with Crippen LogP contribution < -0.4 is 0 Å². The summed E-state index contributed by atoms with van der Waals surface area (Å²) in [5, 5.41) is 9.78. The maximum Gasteiger partial charge on any atom is 0.354 e. The molecular formula is C15H24N2O5S. The Morgan fingerprint density at radius 2 is 2.13 bits per heavy atom. The van der Waals surface area contributed by atoms with Gasteiger partial charge < -0.3 is 14.4 Å². The average Bonchev–Trinajstić information content (AvgIpc) is 2.79. The molecule has 1 aromatic heterocycles. The number of aliphatic hydroxyl groups is 1. The SMILES string of the molecule is CCOC(=O)c1cc(S(=O)(=O)N2CC[C@@H](O)[C@H](C)C2)c(C)n1C. The number of ether oxygens (including phenoxy) is 1. The molecule has 1 aliphatic heterocycles. The molecule has 0 aromatic carbocycles. The number of aliphatic hydroxyl groups excluding tert-OH is 1. The maximum absolute atomic E-state index is 12.9. The molecule has 130 valence electrons. The van der Waals surface area contributed by atoms with Crippen molar-refractivity contribution >= 4 is 16.0 Å². The third-order valence-corrected chi connectivity index (χ3v) is 6.39. The second-order valence-corrected chi connectivity index (χ2v) is 7.86. The fourth-order valence-electron chi connectivity index (χ4n) is 2.79. The van der Waals surface area contributed by atoms with E-state index in [0.29, 0.717) is 12.1 Å². The summed E-state index contributed by atoms with van der Waals surface area (Å²) in [4.78, 5) is 12.1. The van der Waals surface area contributed by atoms with Crippen molar-refractivity contribution in [3.63, 3.8) is 0 Å². The first-order valence-corrected chi connectivity index (χ1v) is 9.15. The highest BCUT2D eigenvalue weighted by molar-refractivity contribution is 7.89. The summed E-state index contributed by atoms with van der Waals surface area (Å²) in [7, 11) is -2.06. The molecule has 1 aliphatic rings. The van der Waals surface area contributed by atoms with Gasteiger partial charge in [0.2, 0.25) is 10.0 Å². The van der Waals surface area contributed by atoms with E-state index in [1.807, 2.05) is 6.92 Å². The number of aromatic nitrogens is 1. The normalized spacial score (nSPS) is 23.0. The Hall–Kier alpha value is -1.38. The summed E-state index contributed by atoms with van der Waals surface area (Å²) in [6, 6.07) is 1.37. The molecule has 8 heteroatoms. The zero-order valence-electron chi connectivity index (χ0n) is 13.9. The number of hydrogen-bond acceptors (Lipinski definition) is 5. The maximum atomic E-state index is 12.9. The van der Waals surface area contributed by atoms with E-state index in [4.69, 9.17) is 4.74 Å². The molecule has 0 spiro atoms. The first-order valence-electron chi connectivity index (χ1n) is 7.71. The van der Waals surface area contributed by atoms with Crippen molar-refractivity contribution in [1.82, 2.24) is 8.87 Å². The van der Waals surface area contributed by atoms with E-state index in [9.17, 15) is 18.3 Å². The van der Waals surface area contributed by atoms with Crippen LogP contribution in [0.4, 0.5) is 0 Å². The minimum Gasteiger partial charge on any atom is -0.461 e. The van der Waals surface area contributed by atoms with Gasteiger partial charge in [-0.3, -0.25) is 0 Å². The summed E-state index contributed by atoms with van der Waals surface area (Å²) < 4.78 is 33.6. The number of piperidine rings is 1. The van der Waals surface area contributed by atoms with Crippen LogP contribution in [0.3, 0.4) is 0 Å². The lowest BCUT2D eigenvalue weighted by atomic mass is 9.99. The Morgan fingerprint density at radius 3 is 2.70 bits per heavy atom. The van der Waals surface area contributed by atoms with E-state index >= 15 is 0 Å². The van der Waals surface area contributed by atoms with Gasteiger partial charge in [0.05, 0.1) is 12.7 Å². The molecule has 1 saturated heterocycles. The molecule has 1 fully saturated rings. The van der Waals surface area contributed by atoms with Crippen LogP contribution in [0.1, 0.15) is 36.5 Å². The van der Waals surface area contributed by atoms with Gasteiger partial charge in [-0.05, 0) is 32.3 Å². The van der Waals surface area contributed by atoms with Crippen molar-refractivity contribution in [2.75, 3.05) is 19.7 Å². The molecule has 2 atom stereocenters. The Labute approximate surface area is 136 Å². The van der Waals surface area contributed by atoms with E-state index in [1.54, 1.807) is 20.9 Å². The van der Waals surface area contributed by atoms with E-state index in [1.165, 1.54) is 14.9 Å². The van der Waals surface area contributed by atoms with E-state index in [2.05, 4.69) is 0 Å².